The van der Waals surface area contributed by atoms with Gasteiger partial charge in [-0.25, -0.2) is 5.90 Å². The maximum Gasteiger partial charge on any atom is 0.123 e. The smallest absolute Gasteiger partial charge is 0.123 e. The Balaban J connectivity index is 3.05. The van der Waals surface area contributed by atoms with Crippen LogP contribution in [0.15, 0.2) is 12.1 Å². The van der Waals surface area contributed by atoms with E-state index in [-0.39, 0.29) is 0 Å². The zero-order chi connectivity index (χ0) is 12.0. The fourth-order valence-corrected chi connectivity index (χ4v) is 1.81. The van der Waals surface area contributed by atoms with E-state index in [9.17, 15) is 0 Å². The van der Waals surface area contributed by atoms with Crippen LogP contribution in [0.25, 0.3) is 0 Å². The van der Waals surface area contributed by atoms with E-state index in [4.69, 9.17) is 27.0 Å². The van der Waals surface area contributed by atoms with E-state index in [2.05, 4.69) is 4.84 Å². The zero-order valence-corrected chi connectivity index (χ0v) is 10.2. The van der Waals surface area contributed by atoms with Crippen LogP contribution in [0.1, 0.15) is 11.1 Å². The predicted molar refractivity (Wildman–Crippen MR) is 62.6 cm³/mol. The number of ether oxygens (including phenoxy) is 2. The molecule has 2 N–H and O–H groups in total. The average Bonchev–Trinajstić information content (AvgIpc) is 2.27. The van der Waals surface area contributed by atoms with Crippen molar-refractivity contribution < 1.29 is 14.3 Å². The Bertz CT molecular complexity index is 344. The van der Waals surface area contributed by atoms with Crippen LogP contribution in [0.3, 0.4) is 0 Å². The van der Waals surface area contributed by atoms with E-state index in [0.29, 0.717) is 24.7 Å². The topological polar surface area (TPSA) is 53.7 Å². The molecule has 1 aromatic rings. The highest BCUT2D eigenvalue weighted by Gasteiger charge is 2.11. The minimum atomic E-state index is 0.425. The number of rotatable bonds is 6. The molecule has 0 aliphatic heterocycles. The molecule has 5 heteroatoms. The van der Waals surface area contributed by atoms with Crippen LogP contribution in [0.5, 0.6) is 5.75 Å². The normalized spacial score (nSPS) is 10.5. The van der Waals surface area contributed by atoms with Gasteiger partial charge in [-0.05, 0) is 17.7 Å². The first-order valence-electron chi connectivity index (χ1n) is 4.88. The van der Waals surface area contributed by atoms with Gasteiger partial charge in [0, 0.05) is 24.1 Å². The zero-order valence-electron chi connectivity index (χ0n) is 9.46. The SMILES string of the molecule is COCc1cc(Cl)cc(OC)c1CCON. The molecular weight excluding hydrogens is 230 g/mol. The van der Waals surface area contributed by atoms with E-state index in [1.807, 2.05) is 6.07 Å². The van der Waals surface area contributed by atoms with Crippen molar-refractivity contribution in [1.29, 1.82) is 0 Å². The van der Waals surface area contributed by atoms with Crippen LogP contribution in [-0.2, 0) is 22.6 Å². The molecule has 0 aliphatic rings. The van der Waals surface area contributed by atoms with Crippen LogP contribution in [0.2, 0.25) is 5.02 Å². The fraction of sp³-hybridized carbons (Fsp3) is 0.455. The van der Waals surface area contributed by atoms with Gasteiger partial charge in [-0.1, -0.05) is 11.6 Å². The van der Waals surface area contributed by atoms with Gasteiger partial charge < -0.3 is 14.3 Å². The molecule has 0 heterocycles. The van der Waals surface area contributed by atoms with Gasteiger partial charge in [-0.15, -0.1) is 0 Å². The van der Waals surface area contributed by atoms with Gasteiger partial charge >= 0.3 is 0 Å². The van der Waals surface area contributed by atoms with Crippen molar-refractivity contribution in [2.75, 3.05) is 20.8 Å². The lowest BCUT2D eigenvalue weighted by Crippen LogP contribution is -2.07. The molecule has 0 unspecified atom stereocenters. The molecule has 0 bridgehead atoms. The van der Waals surface area contributed by atoms with E-state index in [1.54, 1.807) is 20.3 Å². The monoisotopic (exact) mass is 245 g/mol. The molecule has 1 rings (SSSR count). The first-order chi connectivity index (χ1) is 7.72. The van der Waals surface area contributed by atoms with Crippen LogP contribution in [0.4, 0.5) is 0 Å². The quantitative estimate of drug-likeness (QED) is 0.778. The van der Waals surface area contributed by atoms with Crippen LogP contribution in [0, 0.1) is 0 Å². The maximum absolute atomic E-state index is 5.98. The molecule has 0 spiro atoms. The molecule has 0 atom stereocenters. The number of hydrogen-bond donors (Lipinski definition) is 1. The van der Waals surface area contributed by atoms with Gasteiger partial charge in [0.2, 0.25) is 0 Å². The maximum atomic E-state index is 5.98. The summed E-state index contributed by atoms with van der Waals surface area (Å²) in [6, 6.07) is 3.63. The molecule has 0 amide bonds. The van der Waals surface area contributed by atoms with Crippen molar-refractivity contribution in [2.45, 2.75) is 13.0 Å². The summed E-state index contributed by atoms with van der Waals surface area (Å²) in [5, 5.41) is 0.626. The Morgan fingerprint density at radius 2 is 2.06 bits per heavy atom. The molecule has 0 saturated heterocycles. The van der Waals surface area contributed by atoms with E-state index in [0.717, 1.165) is 16.9 Å². The first-order valence-corrected chi connectivity index (χ1v) is 5.26. The molecule has 4 nitrogen and oxygen atoms in total. The number of methoxy groups -OCH3 is 2. The average molecular weight is 246 g/mol. The molecular formula is C11H16ClNO3. The lowest BCUT2D eigenvalue weighted by atomic mass is 10.0. The van der Waals surface area contributed by atoms with Gasteiger partial charge in [-0.3, -0.25) is 0 Å². The minimum Gasteiger partial charge on any atom is -0.496 e. The Morgan fingerprint density at radius 1 is 1.31 bits per heavy atom. The summed E-state index contributed by atoms with van der Waals surface area (Å²) in [5.41, 5.74) is 2.00. The number of halogens is 1. The largest absolute Gasteiger partial charge is 0.496 e. The summed E-state index contributed by atoms with van der Waals surface area (Å²) in [6.07, 6.45) is 0.662. The van der Waals surface area contributed by atoms with Crippen LogP contribution in [-0.4, -0.2) is 20.8 Å². The van der Waals surface area contributed by atoms with E-state index in [1.165, 1.54) is 0 Å². The lowest BCUT2D eigenvalue weighted by molar-refractivity contribution is 0.139. The highest BCUT2D eigenvalue weighted by atomic mass is 35.5. The molecule has 90 valence electrons. The van der Waals surface area contributed by atoms with Crippen molar-refractivity contribution in [2.24, 2.45) is 5.90 Å². The highest BCUT2D eigenvalue weighted by Crippen LogP contribution is 2.28. The minimum absolute atomic E-state index is 0.425. The Hall–Kier alpha value is -0.810. The molecule has 0 aromatic heterocycles. The van der Waals surface area contributed by atoms with E-state index >= 15 is 0 Å². The third-order valence-corrected chi connectivity index (χ3v) is 2.47. The Labute approximate surface area is 100 Å². The van der Waals surface area contributed by atoms with Crippen molar-refractivity contribution in [1.82, 2.24) is 0 Å². The highest BCUT2D eigenvalue weighted by molar-refractivity contribution is 6.30. The molecule has 0 saturated carbocycles. The third-order valence-electron chi connectivity index (χ3n) is 2.26. The second-order valence-corrected chi connectivity index (χ2v) is 3.74. The van der Waals surface area contributed by atoms with Crippen molar-refractivity contribution in [3.05, 3.63) is 28.3 Å². The van der Waals surface area contributed by atoms with Crippen LogP contribution >= 0.6 is 11.6 Å². The molecule has 0 fully saturated rings. The Kier molecular flexibility index (Phi) is 5.55. The standard InChI is InChI=1S/C11H16ClNO3/c1-14-7-8-5-9(12)6-11(15-2)10(8)3-4-16-13/h5-6H,3-4,7,13H2,1-2H3. The summed E-state index contributed by atoms with van der Waals surface area (Å²) in [7, 11) is 3.24. The van der Waals surface area contributed by atoms with Crippen molar-refractivity contribution >= 4 is 11.6 Å². The van der Waals surface area contributed by atoms with Crippen LogP contribution < -0.4 is 10.6 Å². The summed E-state index contributed by atoms with van der Waals surface area (Å²) in [5.74, 6) is 5.76. The van der Waals surface area contributed by atoms with E-state index < -0.39 is 0 Å². The first kappa shape index (κ1) is 13.3. The summed E-state index contributed by atoms with van der Waals surface area (Å²) in [4.78, 5) is 4.58. The van der Waals surface area contributed by atoms with Gasteiger partial charge in [-0.2, -0.15) is 0 Å². The summed E-state index contributed by atoms with van der Waals surface area (Å²) >= 11 is 5.98. The molecule has 1 aromatic carbocycles. The van der Waals surface area contributed by atoms with Crippen molar-refractivity contribution in [3.8, 4) is 5.75 Å². The van der Waals surface area contributed by atoms with Gasteiger partial charge in [0.1, 0.15) is 5.75 Å². The Morgan fingerprint density at radius 3 is 2.62 bits per heavy atom. The number of nitrogens with two attached hydrogens (primary N) is 1. The summed E-state index contributed by atoms with van der Waals surface area (Å²) < 4.78 is 10.4. The van der Waals surface area contributed by atoms with Gasteiger partial charge in [0.15, 0.2) is 0 Å². The predicted octanol–water partition coefficient (Wildman–Crippen LogP) is 1.93. The van der Waals surface area contributed by atoms with Gasteiger partial charge in [0.25, 0.3) is 0 Å². The molecule has 0 radical (unpaired) electrons. The fourth-order valence-electron chi connectivity index (χ4n) is 1.58. The lowest BCUT2D eigenvalue weighted by Gasteiger charge is -2.14. The molecule has 16 heavy (non-hydrogen) atoms. The number of hydrogen-bond acceptors (Lipinski definition) is 4. The van der Waals surface area contributed by atoms with Crippen molar-refractivity contribution in [3.63, 3.8) is 0 Å². The summed E-state index contributed by atoms with van der Waals surface area (Å²) in [6.45, 7) is 0.908. The molecule has 0 aliphatic carbocycles. The van der Waals surface area contributed by atoms with Gasteiger partial charge in [0.05, 0.1) is 20.3 Å². The third kappa shape index (κ3) is 3.35. The second kappa shape index (κ2) is 6.70. The number of benzene rings is 1. The second-order valence-electron chi connectivity index (χ2n) is 3.30.